The fourth-order valence-corrected chi connectivity index (χ4v) is 1.56. The molecular formula is C13H23N. The van der Waals surface area contributed by atoms with Crippen molar-refractivity contribution in [3.63, 3.8) is 0 Å². The summed E-state index contributed by atoms with van der Waals surface area (Å²) in [4.78, 5) is 0. The molecule has 0 amide bonds. The van der Waals surface area contributed by atoms with Gasteiger partial charge in [-0.2, -0.15) is 5.26 Å². The van der Waals surface area contributed by atoms with Crippen molar-refractivity contribution < 1.29 is 0 Å². The van der Waals surface area contributed by atoms with E-state index < -0.39 is 0 Å². The molecule has 0 aromatic rings. The first-order valence-electron chi connectivity index (χ1n) is 5.89. The third kappa shape index (κ3) is 7.86. The standard InChI is InChI=1S/C13H23N/c1-3-5-6-7-8-9-11-13(12-14)10-4-2/h5-6,13H,3-4,7-11H2,1-2H3. The Morgan fingerprint density at radius 1 is 1.14 bits per heavy atom. The summed E-state index contributed by atoms with van der Waals surface area (Å²) in [5.41, 5.74) is 0. The predicted molar refractivity (Wildman–Crippen MR) is 61.9 cm³/mol. The van der Waals surface area contributed by atoms with E-state index >= 15 is 0 Å². The average molecular weight is 193 g/mol. The molecule has 1 heteroatoms. The summed E-state index contributed by atoms with van der Waals surface area (Å²) >= 11 is 0. The number of allylic oxidation sites excluding steroid dienone is 2. The highest BCUT2D eigenvalue weighted by atomic mass is 14.3. The second kappa shape index (κ2) is 10.3. The summed E-state index contributed by atoms with van der Waals surface area (Å²) in [5.74, 6) is 0.301. The molecule has 14 heavy (non-hydrogen) atoms. The van der Waals surface area contributed by atoms with Gasteiger partial charge in [-0.3, -0.25) is 0 Å². The fraction of sp³-hybridized carbons (Fsp3) is 0.769. The van der Waals surface area contributed by atoms with Crippen LogP contribution in [0.3, 0.4) is 0 Å². The number of unbranched alkanes of at least 4 members (excludes halogenated alkanes) is 2. The van der Waals surface area contributed by atoms with Crippen molar-refractivity contribution in [1.29, 1.82) is 5.26 Å². The maximum absolute atomic E-state index is 8.83. The molecule has 0 bridgehead atoms. The smallest absolute Gasteiger partial charge is 0.0655 e. The minimum atomic E-state index is 0.301. The van der Waals surface area contributed by atoms with E-state index in [2.05, 4.69) is 32.1 Å². The maximum Gasteiger partial charge on any atom is 0.0655 e. The molecule has 0 spiro atoms. The molecule has 0 N–H and O–H groups in total. The van der Waals surface area contributed by atoms with Crippen LogP contribution in [0.2, 0.25) is 0 Å². The van der Waals surface area contributed by atoms with Crippen LogP contribution in [0.15, 0.2) is 12.2 Å². The lowest BCUT2D eigenvalue weighted by molar-refractivity contribution is 0.515. The highest BCUT2D eigenvalue weighted by Gasteiger charge is 2.04. The first-order chi connectivity index (χ1) is 6.85. The topological polar surface area (TPSA) is 23.8 Å². The summed E-state index contributed by atoms with van der Waals surface area (Å²) in [5, 5.41) is 8.83. The van der Waals surface area contributed by atoms with Gasteiger partial charge < -0.3 is 0 Å². The molecule has 0 saturated heterocycles. The highest BCUT2D eigenvalue weighted by Crippen LogP contribution is 2.14. The van der Waals surface area contributed by atoms with Gasteiger partial charge in [0.05, 0.1) is 6.07 Å². The number of hydrogen-bond donors (Lipinski definition) is 0. The molecule has 0 aliphatic heterocycles. The van der Waals surface area contributed by atoms with E-state index in [0.717, 1.165) is 25.7 Å². The van der Waals surface area contributed by atoms with Crippen molar-refractivity contribution in [2.24, 2.45) is 5.92 Å². The summed E-state index contributed by atoms with van der Waals surface area (Å²) in [7, 11) is 0. The normalized spacial score (nSPS) is 12.9. The fourth-order valence-electron chi connectivity index (χ4n) is 1.56. The number of nitrogens with zero attached hydrogens (tertiary/aromatic N) is 1. The van der Waals surface area contributed by atoms with E-state index in [-0.39, 0.29) is 0 Å². The van der Waals surface area contributed by atoms with Gasteiger partial charge in [0.2, 0.25) is 0 Å². The summed E-state index contributed by atoms with van der Waals surface area (Å²) in [6.07, 6.45) is 12.5. The van der Waals surface area contributed by atoms with Gasteiger partial charge in [0, 0.05) is 5.92 Å². The quantitative estimate of drug-likeness (QED) is 0.412. The molecule has 0 aromatic carbocycles. The molecule has 0 aliphatic rings. The van der Waals surface area contributed by atoms with Crippen LogP contribution in [0, 0.1) is 17.2 Å². The van der Waals surface area contributed by atoms with Gasteiger partial charge in [-0.25, -0.2) is 0 Å². The lowest BCUT2D eigenvalue weighted by atomic mass is 9.98. The van der Waals surface area contributed by atoms with E-state index in [1.807, 2.05) is 0 Å². The Bertz CT molecular complexity index is 176. The van der Waals surface area contributed by atoms with Crippen LogP contribution in [0.5, 0.6) is 0 Å². The van der Waals surface area contributed by atoms with E-state index in [1.54, 1.807) is 0 Å². The third-order valence-corrected chi connectivity index (χ3v) is 2.40. The highest BCUT2D eigenvalue weighted by molar-refractivity contribution is 4.83. The Hall–Kier alpha value is -0.770. The molecule has 0 aromatic heterocycles. The molecule has 1 atom stereocenters. The Morgan fingerprint density at radius 3 is 2.50 bits per heavy atom. The van der Waals surface area contributed by atoms with Crippen LogP contribution >= 0.6 is 0 Å². The molecule has 0 radical (unpaired) electrons. The molecule has 0 saturated carbocycles. The lowest BCUT2D eigenvalue weighted by Crippen LogP contribution is -1.95. The number of rotatable bonds is 8. The number of hydrogen-bond acceptors (Lipinski definition) is 1. The molecular weight excluding hydrogens is 170 g/mol. The van der Waals surface area contributed by atoms with Crippen molar-refractivity contribution >= 4 is 0 Å². The van der Waals surface area contributed by atoms with Gasteiger partial charge in [-0.05, 0) is 32.1 Å². The van der Waals surface area contributed by atoms with Crippen molar-refractivity contribution in [1.82, 2.24) is 0 Å². The molecule has 80 valence electrons. The third-order valence-electron chi connectivity index (χ3n) is 2.40. The maximum atomic E-state index is 8.83. The van der Waals surface area contributed by atoms with Gasteiger partial charge in [0.1, 0.15) is 0 Å². The van der Waals surface area contributed by atoms with E-state index in [1.165, 1.54) is 19.3 Å². The minimum Gasteiger partial charge on any atom is -0.198 e. The zero-order valence-electron chi connectivity index (χ0n) is 9.63. The van der Waals surface area contributed by atoms with Gasteiger partial charge in [0.25, 0.3) is 0 Å². The van der Waals surface area contributed by atoms with E-state index in [4.69, 9.17) is 5.26 Å². The molecule has 0 fully saturated rings. The molecule has 1 unspecified atom stereocenters. The van der Waals surface area contributed by atoms with E-state index in [0.29, 0.717) is 5.92 Å². The van der Waals surface area contributed by atoms with Crippen LogP contribution in [0.25, 0.3) is 0 Å². The second-order valence-corrected chi connectivity index (χ2v) is 3.78. The molecule has 0 aliphatic carbocycles. The lowest BCUT2D eigenvalue weighted by Gasteiger charge is -2.05. The second-order valence-electron chi connectivity index (χ2n) is 3.78. The molecule has 0 heterocycles. The van der Waals surface area contributed by atoms with Gasteiger partial charge in [-0.15, -0.1) is 0 Å². The minimum absolute atomic E-state index is 0.301. The average Bonchev–Trinajstić information content (AvgIpc) is 2.21. The summed E-state index contributed by atoms with van der Waals surface area (Å²) < 4.78 is 0. The van der Waals surface area contributed by atoms with Gasteiger partial charge in [0.15, 0.2) is 0 Å². The molecule has 0 rings (SSSR count). The Balaban J connectivity index is 3.34. The first kappa shape index (κ1) is 13.2. The number of nitriles is 1. The Kier molecular flexibility index (Phi) is 9.74. The van der Waals surface area contributed by atoms with Crippen LogP contribution in [-0.4, -0.2) is 0 Å². The molecule has 1 nitrogen and oxygen atoms in total. The van der Waals surface area contributed by atoms with Crippen LogP contribution in [0.4, 0.5) is 0 Å². The van der Waals surface area contributed by atoms with Crippen molar-refractivity contribution in [2.45, 2.75) is 58.8 Å². The monoisotopic (exact) mass is 193 g/mol. The largest absolute Gasteiger partial charge is 0.198 e. The van der Waals surface area contributed by atoms with Crippen molar-refractivity contribution in [3.8, 4) is 6.07 Å². The first-order valence-corrected chi connectivity index (χ1v) is 5.89. The Labute approximate surface area is 88.8 Å². The Morgan fingerprint density at radius 2 is 1.93 bits per heavy atom. The van der Waals surface area contributed by atoms with Crippen molar-refractivity contribution in [2.75, 3.05) is 0 Å². The van der Waals surface area contributed by atoms with Crippen molar-refractivity contribution in [3.05, 3.63) is 12.2 Å². The van der Waals surface area contributed by atoms with Crippen LogP contribution in [-0.2, 0) is 0 Å². The van der Waals surface area contributed by atoms with E-state index in [9.17, 15) is 0 Å². The zero-order chi connectivity index (χ0) is 10.6. The SMILES string of the molecule is CCC=CCCCCC(C#N)CCC. The summed E-state index contributed by atoms with van der Waals surface area (Å²) in [6.45, 7) is 4.30. The zero-order valence-corrected chi connectivity index (χ0v) is 9.63. The van der Waals surface area contributed by atoms with Crippen LogP contribution in [0.1, 0.15) is 58.8 Å². The van der Waals surface area contributed by atoms with Gasteiger partial charge in [-0.1, -0.05) is 38.8 Å². The van der Waals surface area contributed by atoms with Gasteiger partial charge >= 0.3 is 0 Å². The predicted octanol–water partition coefficient (Wildman–Crippen LogP) is 4.45. The summed E-state index contributed by atoms with van der Waals surface area (Å²) in [6, 6.07) is 2.39. The van der Waals surface area contributed by atoms with Crippen LogP contribution < -0.4 is 0 Å².